The number of thiophene rings is 1. The van der Waals surface area contributed by atoms with Crippen molar-refractivity contribution in [2.24, 2.45) is 5.92 Å². The number of carbonyl (C=O) groups excluding carboxylic acids is 1. The minimum Gasteiger partial charge on any atom is -0.497 e. The van der Waals surface area contributed by atoms with Crippen LogP contribution in [0.3, 0.4) is 0 Å². The van der Waals surface area contributed by atoms with Gasteiger partial charge in [-0.3, -0.25) is 9.69 Å². The van der Waals surface area contributed by atoms with Crippen LogP contribution >= 0.6 is 22.9 Å². The van der Waals surface area contributed by atoms with Crippen LogP contribution in [0.5, 0.6) is 5.75 Å². The van der Waals surface area contributed by atoms with Gasteiger partial charge in [-0.05, 0) is 61.8 Å². The molecule has 4 rings (SSSR count). The van der Waals surface area contributed by atoms with Gasteiger partial charge >= 0.3 is 0 Å². The lowest BCUT2D eigenvalue weighted by Gasteiger charge is -2.31. The van der Waals surface area contributed by atoms with E-state index >= 15 is 0 Å². The van der Waals surface area contributed by atoms with Crippen molar-refractivity contribution in [1.82, 2.24) is 4.90 Å². The number of hydrogen-bond donors (Lipinski definition) is 1. The average molecular weight is 441 g/mol. The number of ether oxygens (including phenoxy) is 1. The van der Waals surface area contributed by atoms with Gasteiger partial charge in [0, 0.05) is 28.6 Å². The normalized spacial score (nSPS) is 15.1. The van der Waals surface area contributed by atoms with Gasteiger partial charge in [-0.25, -0.2) is 0 Å². The number of carbonyl (C=O) groups is 1. The van der Waals surface area contributed by atoms with Crippen molar-refractivity contribution < 1.29 is 9.53 Å². The first-order valence-electron chi connectivity index (χ1n) is 10.1. The summed E-state index contributed by atoms with van der Waals surface area (Å²) in [7, 11) is 1.66. The topological polar surface area (TPSA) is 41.6 Å². The van der Waals surface area contributed by atoms with E-state index in [-0.39, 0.29) is 11.8 Å². The number of halogens is 1. The molecule has 3 aromatic rings. The molecule has 0 spiro atoms. The van der Waals surface area contributed by atoms with Gasteiger partial charge in [0.05, 0.1) is 11.4 Å². The van der Waals surface area contributed by atoms with Crippen molar-refractivity contribution in [2.75, 3.05) is 25.5 Å². The van der Waals surface area contributed by atoms with Crippen molar-refractivity contribution in [3.05, 3.63) is 69.9 Å². The van der Waals surface area contributed by atoms with E-state index in [1.165, 1.54) is 4.88 Å². The van der Waals surface area contributed by atoms with Gasteiger partial charge in [0.1, 0.15) is 5.75 Å². The number of piperidine rings is 1. The van der Waals surface area contributed by atoms with Gasteiger partial charge < -0.3 is 10.1 Å². The minimum absolute atomic E-state index is 0.0338. The zero-order valence-corrected chi connectivity index (χ0v) is 18.5. The molecule has 1 aromatic heterocycles. The third-order valence-electron chi connectivity index (χ3n) is 5.53. The van der Waals surface area contributed by atoms with E-state index in [0.29, 0.717) is 0 Å². The highest BCUT2D eigenvalue weighted by Crippen LogP contribution is 2.31. The monoisotopic (exact) mass is 440 g/mol. The quantitative estimate of drug-likeness (QED) is 0.516. The zero-order valence-electron chi connectivity index (χ0n) is 16.9. The maximum Gasteiger partial charge on any atom is 0.227 e. The standard InChI is InChI=1S/C24H25ClN2O2S/c1-29-19-6-4-5-18(15-19)21-7-2-3-8-22(21)26-24(28)17-11-13-27(14-12-17)16-20-9-10-23(25)30-20/h2-10,15,17H,11-14,16H2,1H3,(H,26,28). The molecule has 0 unspecified atom stereocenters. The largest absolute Gasteiger partial charge is 0.497 e. The number of para-hydroxylation sites is 1. The SMILES string of the molecule is COc1cccc(-c2ccccc2NC(=O)C2CCN(Cc3ccc(Cl)s3)CC2)c1. The van der Waals surface area contributed by atoms with Crippen LogP contribution < -0.4 is 10.1 Å². The molecular weight excluding hydrogens is 416 g/mol. The van der Waals surface area contributed by atoms with E-state index in [2.05, 4.69) is 16.3 Å². The number of amides is 1. The number of hydrogen-bond acceptors (Lipinski definition) is 4. The number of benzene rings is 2. The molecule has 0 atom stereocenters. The molecule has 2 heterocycles. The van der Waals surface area contributed by atoms with Gasteiger partial charge in [0.25, 0.3) is 0 Å². The zero-order chi connectivity index (χ0) is 20.9. The third kappa shape index (κ3) is 5.04. The Balaban J connectivity index is 1.39. The summed E-state index contributed by atoms with van der Waals surface area (Å²) >= 11 is 7.66. The first-order valence-corrected chi connectivity index (χ1v) is 11.3. The van der Waals surface area contributed by atoms with Crippen molar-refractivity contribution in [1.29, 1.82) is 0 Å². The van der Waals surface area contributed by atoms with Crippen LogP contribution in [0.25, 0.3) is 11.1 Å². The summed E-state index contributed by atoms with van der Waals surface area (Å²) in [4.78, 5) is 16.6. The van der Waals surface area contributed by atoms with E-state index in [1.807, 2.05) is 54.6 Å². The predicted octanol–water partition coefficient (Wildman–Crippen LogP) is 5.93. The number of rotatable bonds is 6. The highest BCUT2D eigenvalue weighted by molar-refractivity contribution is 7.16. The summed E-state index contributed by atoms with van der Waals surface area (Å²) in [5.74, 6) is 0.934. The fraction of sp³-hybridized carbons (Fsp3) is 0.292. The summed E-state index contributed by atoms with van der Waals surface area (Å²) in [6.07, 6.45) is 1.73. The number of nitrogens with one attached hydrogen (secondary N) is 1. The third-order valence-corrected chi connectivity index (χ3v) is 6.75. The molecule has 2 aromatic carbocycles. The highest BCUT2D eigenvalue weighted by atomic mass is 35.5. The lowest BCUT2D eigenvalue weighted by atomic mass is 9.95. The molecule has 0 aliphatic carbocycles. The van der Waals surface area contributed by atoms with Crippen LogP contribution in [0.15, 0.2) is 60.7 Å². The smallest absolute Gasteiger partial charge is 0.227 e. The van der Waals surface area contributed by atoms with Gasteiger partial charge in [-0.2, -0.15) is 0 Å². The molecular formula is C24H25ClN2O2S. The first kappa shape index (κ1) is 20.9. The molecule has 1 fully saturated rings. The second-order valence-electron chi connectivity index (χ2n) is 7.52. The number of likely N-dealkylation sites (tertiary alicyclic amines) is 1. The van der Waals surface area contributed by atoms with Gasteiger partial charge in [0.2, 0.25) is 5.91 Å². The van der Waals surface area contributed by atoms with Crippen molar-refractivity contribution >= 4 is 34.5 Å². The van der Waals surface area contributed by atoms with E-state index in [1.54, 1.807) is 18.4 Å². The molecule has 30 heavy (non-hydrogen) atoms. The van der Waals surface area contributed by atoms with Gasteiger partial charge in [-0.15, -0.1) is 11.3 Å². The second-order valence-corrected chi connectivity index (χ2v) is 9.32. The van der Waals surface area contributed by atoms with Crippen LogP contribution in [0, 0.1) is 5.92 Å². The van der Waals surface area contributed by atoms with Gasteiger partial charge in [-0.1, -0.05) is 41.9 Å². The van der Waals surface area contributed by atoms with Crippen LogP contribution in [0.1, 0.15) is 17.7 Å². The molecule has 0 radical (unpaired) electrons. The Morgan fingerprint density at radius 2 is 1.93 bits per heavy atom. The molecule has 0 bridgehead atoms. The summed E-state index contributed by atoms with van der Waals surface area (Å²) in [6.45, 7) is 2.75. The van der Waals surface area contributed by atoms with Crippen LogP contribution in [0.4, 0.5) is 5.69 Å². The molecule has 1 aliphatic rings. The molecule has 0 saturated carbocycles. The average Bonchev–Trinajstić information content (AvgIpc) is 3.19. The molecule has 4 nitrogen and oxygen atoms in total. The van der Waals surface area contributed by atoms with Crippen LogP contribution in [-0.4, -0.2) is 31.0 Å². The second kappa shape index (κ2) is 9.65. The molecule has 1 saturated heterocycles. The maximum absolute atomic E-state index is 13.0. The van der Waals surface area contributed by atoms with Crippen LogP contribution in [-0.2, 0) is 11.3 Å². The minimum atomic E-state index is 0.0338. The number of anilines is 1. The Morgan fingerprint density at radius 1 is 1.13 bits per heavy atom. The van der Waals surface area contributed by atoms with Crippen LogP contribution in [0.2, 0.25) is 4.34 Å². The molecule has 156 valence electrons. The molecule has 1 amide bonds. The van der Waals surface area contributed by atoms with E-state index in [9.17, 15) is 4.79 Å². The van der Waals surface area contributed by atoms with Crippen molar-refractivity contribution in [3.8, 4) is 16.9 Å². The number of methoxy groups -OCH3 is 1. The maximum atomic E-state index is 13.0. The summed E-state index contributed by atoms with van der Waals surface area (Å²) < 4.78 is 6.18. The first-order chi connectivity index (χ1) is 14.6. The fourth-order valence-electron chi connectivity index (χ4n) is 3.88. The number of nitrogens with zero attached hydrogens (tertiary/aromatic N) is 1. The summed E-state index contributed by atoms with van der Waals surface area (Å²) in [5.41, 5.74) is 2.86. The Hall–Kier alpha value is -2.34. The van der Waals surface area contributed by atoms with E-state index < -0.39 is 0 Å². The van der Waals surface area contributed by atoms with E-state index in [0.717, 1.165) is 59.4 Å². The summed E-state index contributed by atoms with van der Waals surface area (Å²) in [5, 5.41) is 3.17. The van der Waals surface area contributed by atoms with Crippen molar-refractivity contribution in [3.63, 3.8) is 0 Å². The van der Waals surface area contributed by atoms with Gasteiger partial charge in [0.15, 0.2) is 0 Å². The highest BCUT2D eigenvalue weighted by Gasteiger charge is 2.25. The Morgan fingerprint density at radius 3 is 2.67 bits per heavy atom. The summed E-state index contributed by atoms with van der Waals surface area (Å²) in [6, 6.07) is 19.9. The fourth-order valence-corrected chi connectivity index (χ4v) is 5.01. The van der Waals surface area contributed by atoms with Crippen molar-refractivity contribution in [2.45, 2.75) is 19.4 Å². The molecule has 6 heteroatoms. The lowest BCUT2D eigenvalue weighted by molar-refractivity contribution is -0.121. The Kier molecular flexibility index (Phi) is 6.72. The predicted molar refractivity (Wildman–Crippen MR) is 124 cm³/mol. The Bertz CT molecular complexity index is 1010. The molecule has 1 aliphatic heterocycles. The Labute approximate surface area is 186 Å². The van der Waals surface area contributed by atoms with E-state index in [4.69, 9.17) is 16.3 Å². The molecule has 1 N–H and O–H groups in total. The lowest BCUT2D eigenvalue weighted by Crippen LogP contribution is -2.37.